The predicted octanol–water partition coefficient (Wildman–Crippen LogP) is 4.85. The van der Waals surface area contributed by atoms with Crippen LogP contribution in [0.2, 0.25) is 5.02 Å². The average Bonchev–Trinajstić information content (AvgIpc) is 2.88. The molecule has 25 heavy (non-hydrogen) atoms. The monoisotopic (exact) mass is 356 g/mol. The van der Waals surface area contributed by atoms with Crippen LogP contribution in [0.5, 0.6) is 0 Å². The summed E-state index contributed by atoms with van der Waals surface area (Å²) >= 11 is 6.23. The van der Waals surface area contributed by atoms with Crippen molar-refractivity contribution in [3.8, 4) is 0 Å². The first-order valence-corrected chi connectivity index (χ1v) is 9.24. The molecule has 4 rings (SSSR count). The molecule has 1 fully saturated rings. The maximum absolute atomic E-state index is 12.8. The van der Waals surface area contributed by atoms with Crippen LogP contribution in [0.15, 0.2) is 30.5 Å². The maximum atomic E-state index is 12.8. The minimum absolute atomic E-state index is 0.146. The lowest BCUT2D eigenvalue weighted by molar-refractivity contribution is -0.154. The fourth-order valence-corrected chi connectivity index (χ4v) is 4.21. The zero-order valence-electron chi connectivity index (χ0n) is 14.5. The van der Waals surface area contributed by atoms with Gasteiger partial charge in [-0.25, -0.2) is 0 Å². The Morgan fingerprint density at radius 3 is 2.72 bits per heavy atom. The average molecular weight is 357 g/mol. The van der Waals surface area contributed by atoms with Crippen LogP contribution in [0.3, 0.4) is 0 Å². The lowest BCUT2D eigenvalue weighted by Gasteiger charge is -2.39. The molecule has 0 radical (unpaired) electrons. The molecule has 1 aromatic carbocycles. The number of pyridine rings is 1. The molecule has 2 aromatic heterocycles. The third-order valence-electron chi connectivity index (χ3n) is 5.38. The highest BCUT2D eigenvalue weighted by molar-refractivity contribution is 6.32. The van der Waals surface area contributed by atoms with E-state index in [-0.39, 0.29) is 5.97 Å². The smallest absolute Gasteiger partial charge is 0.318 e. The Hall–Kier alpha value is -2.07. The topological polar surface area (TPSA) is 44.1 Å². The quantitative estimate of drug-likeness (QED) is 0.628. The lowest BCUT2D eigenvalue weighted by atomic mass is 9.66. The molecule has 0 unspecified atom stereocenters. The van der Waals surface area contributed by atoms with Crippen molar-refractivity contribution in [1.29, 1.82) is 0 Å². The third kappa shape index (κ3) is 2.27. The van der Waals surface area contributed by atoms with E-state index in [0.29, 0.717) is 11.6 Å². The van der Waals surface area contributed by atoms with Crippen LogP contribution in [-0.2, 0) is 21.5 Å². The number of ether oxygens (including phenoxy) is 1. The Kier molecular flexibility index (Phi) is 3.95. The molecule has 1 aliphatic carbocycles. The van der Waals surface area contributed by atoms with Gasteiger partial charge in [0.25, 0.3) is 0 Å². The number of fused-ring (bicyclic) bond motifs is 3. The summed E-state index contributed by atoms with van der Waals surface area (Å²) in [5.41, 5.74) is 2.40. The zero-order valence-corrected chi connectivity index (χ0v) is 15.3. The van der Waals surface area contributed by atoms with Gasteiger partial charge in [0.15, 0.2) is 0 Å². The number of hydrogen-bond acceptors (Lipinski definition) is 3. The number of carbonyl (C=O) groups excluding carboxylic acids is 1. The summed E-state index contributed by atoms with van der Waals surface area (Å²) in [4.78, 5) is 17.4. The van der Waals surface area contributed by atoms with Crippen molar-refractivity contribution in [1.82, 2.24) is 9.55 Å². The summed E-state index contributed by atoms with van der Waals surface area (Å²) < 4.78 is 7.65. The molecule has 0 amide bonds. The van der Waals surface area contributed by atoms with E-state index in [1.807, 2.05) is 31.2 Å². The van der Waals surface area contributed by atoms with Crippen molar-refractivity contribution in [3.05, 3.63) is 41.2 Å². The molecule has 0 N–H and O–H groups in total. The minimum Gasteiger partial charge on any atom is -0.465 e. The van der Waals surface area contributed by atoms with E-state index < -0.39 is 5.41 Å². The number of nitrogens with zero attached hydrogens (tertiary/aromatic N) is 2. The fraction of sp³-hybridized carbons (Fsp3) is 0.400. The van der Waals surface area contributed by atoms with Gasteiger partial charge in [-0.2, -0.15) is 0 Å². The first-order chi connectivity index (χ1) is 12.1. The molecule has 1 saturated carbocycles. The van der Waals surface area contributed by atoms with Gasteiger partial charge in [0.05, 0.1) is 17.8 Å². The van der Waals surface area contributed by atoms with Gasteiger partial charge in [-0.05, 0) is 51.0 Å². The molecular formula is C20H21ClN2O2. The van der Waals surface area contributed by atoms with Crippen molar-refractivity contribution < 1.29 is 9.53 Å². The van der Waals surface area contributed by atoms with E-state index in [4.69, 9.17) is 16.3 Å². The second-order valence-corrected chi connectivity index (χ2v) is 7.05. The van der Waals surface area contributed by atoms with Crippen LogP contribution in [0.1, 0.15) is 38.8 Å². The second kappa shape index (κ2) is 6.03. The van der Waals surface area contributed by atoms with Crippen LogP contribution in [-0.4, -0.2) is 22.1 Å². The normalized spacial score (nSPS) is 16.1. The SMILES string of the molecule is CCOC(=O)C1(c2nccc3c4cc(Cl)ccc4n(CC)c23)CCC1. The summed E-state index contributed by atoms with van der Waals surface area (Å²) in [6, 6.07) is 7.96. The number of rotatable bonds is 4. The standard InChI is InChI=1S/C20H21ClN2O2/c1-3-23-16-7-6-13(21)12-15(16)14-8-11-22-18(17(14)23)20(9-5-10-20)19(24)25-4-2/h6-8,11-12H,3-5,9-10H2,1-2H3. The third-order valence-corrected chi connectivity index (χ3v) is 5.61. The van der Waals surface area contributed by atoms with E-state index in [0.717, 1.165) is 53.3 Å². The zero-order chi connectivity index (χ0) is 17.6. The van der Waals surface area contributed by atoms with Crippen molar-refractivity contribution in [3.63, 3.8) is 0 Å². The number of hydrogen-bond donors (Lipinski definition) is 0. The van der Waals surface area contributed by atoms with Gasteiger partial charge in [0.2, 0.25) is 0 Å². The Balaban J connectivity index is 2.05. The highest BCUT2D eigenvalue weighted by Crippen LogP contribution is 2.47. The van der Waals surface area contributed by atoms with Crippen molar-refractivity contribution in [2.75, 3.05) is 6.61 Å². The van der Waals surface area contributed by atoms with E-state index in [1.165, 1.54) is 0 Å². The second-order valence-electron chi connectivity index (χ2n) is 6.62. The van der Waals surface area contributed by atoms with Crippen LogP contribution >= 0.6 is 11.6 Å². The minimum atomic E-state index is -0.611. The Bertz CT molecular complexity index is 973. The van der Waals surface area contributed by atoms with Gasteiger partial charge >= 0.3 is 5.97 Å². The van der Waals surface area contributed by atoms with E-state index >= 15 is 0 Å². The van der Waals surface area contributed by atoms with Crippen LogP contribution in [0, 0.1) is 0 Å². The van der Waals surface area contributed by atoms with Crippen LogP contribution in [0.4, 0.5) is 0 Å². The highest BCUT2D eigenvalue weighted by atomic mass is 35.5. The molecule has 0 aliphatic heterocycles. The van der Waals surface area contributed by atoms with E-state index in [2.05, 4.69) is 16.5 Å². The largest absolute Gasteiger partial charge is 0.465 e. The van der Waals surface area contributed by atoms with Gasteiger partial charge in [-0.1, -0.05) is 18.0 Å². The number of aromatic nitrogens is 2. The number of aryl methyl sites for hydroxylation is 1. The summed E-state index contributed by atoms with van der Waals surface area (Å²) in [6.45, 7) is 5.16. The van der Waals surface area contributed by atoms with Gasteiger partial charge in [-0.15, -0.1) is 0 Å². The number of carbonyl (C=O) groups is 1. The molecular weight excluding hydrogens is 336 g/mol. The van der Waals surface area contributed by atoms with E-state index in [1.54, 1.807) is 6.20 Å². The molecule has 0 bridgehead atoms. The summed E-state index contributed by atoms with van der Waals surface area (Å²) in [5.74, 6) is -0.146. The Morgan fingerprint density at radius 1 is 1.28 bits per heavy atom. The number of halogens is 1. The molecule has 5 heteroatoms. The fourth-order valence-electron chi connectivity index (χ4n) is 4.04. The maximum Gasteiger partial charge on any atom is 0.318 e. The molecule has 0 atom stereocenters. The Morgan fingerprint density at radius 2 is 2.08 bits per heavy atom. The molecule has 2 heterocycles. The summed E-state index contributed by atoms with van der Waals surface area (Å²) in [5, 5.41) is 2.91. The molecule has 0 spiro atoms. The van der Waals surface area contributed by atoms with Crippen molar-refractivity contribution in [2.24, 2.45) is 0 Å². The predicted molar refractivity (Wildman–Crippen MR) is 100 cm³/mol. The first kappa shape index (κ1) is 16.4. The van der Waals surface area contributed by atoms with Gasteiger partial charge in [-0.3, -0.25) is 9.78 Å². The van der Waals surface area contributed by atoms with Gasteiger partial charge < -0.3 is 9.30 Å². The highest BCUT2D eigenvalue weighted by Gasteiger charge is 2.49. The van der Waals surface area contributed by atoms with Gasteiger partial charge in [0.1, 0.15) is 5.41 Å². The summed E-state index contributed by atoms with van der Waals surface area (Å²) in [7, 11) is 0. The molecule has 4 nitrogen and oxygen atoms in total. The number of benzene rings is 1. The lowest BCUT2D eigenvalue weighted by Crippen LogP contribution is -2.44. The number of esters is 1. The molecule has 3 aromatic rings. The molecule has 1 aliphatic rings. The summed E-state index contributed by atoms with van der Waals surface area (Å²) in [6.07, 6.45) is 4.42. The van der Waals surface area contributed by atoms with Crippen molar-refractivity contribution in [2.45, 2.75) is 45.1 Å². The molecule has 130 valence electrons. The van der Waals surface area contributed by atoms with Crippen LogP contribution < -0.4 is 0 Å². The van der Waals surface area contributed by atoms with Crippen molar-refractivity contribution >= 4 is 39.4 Å². The molecule has 0 saturated heterocycles. The first-order valence-electron chi connectivity index (χ1n) is 8.86. The van der Waals surface area contributed by atoms with Crippen LogP contribution in [0.25, 0.3) is 21.8 Å². The van der Waals surface area contributed by atoms with E-state index in [9.17, 15) is 4.79 Å². The van der Waals surface area contributed by atoms with Gasteiger partial charge in [0, 0.05) is 34.1 Å². The Labute approximate surface area is 151 Å².